The zero-order valence-electron chi connectivity index (χ0n) is 20.0. The average Bonchev–Trinajstić information content (AvgIpc) is 2.85. The Kier molecular flexibility index (Phi) is 7.12. The Morgan fingerprint density at radius 2 is 1.91 bits per heavy atom. The average molecular weight is 513 g/mol. The Hall–Kier alpha value is -2.45. The SMILES string of the molecule is CC(C)[C@@H]1Nc2nc(nc3ccccc23)CN2CCN(Cc3ccc(Cl)c(Cl)c3)CC2CNC1=O. The molecule has 0 aliphatic carbocycles. The molecule has 0 spiro atoms. The van der Waals surface area contributed by atoms with Gasteiger partial charge in [0.15, 0.2) is 0 Å². The van der Waals surface area contributed by atoms with Crippen LogP contribution in [0.4, 0.5) is 5.82 Å². The third kappa shape index (κ3) is 5.38. The topological polar surface area (TPSA) is 73.4 Å². The van der Waals surface area contributed by atoms with Crippen molar-refractivity contribution in [2.45, 2.75) is 39.0 Å². The van der Waals surface area contributed by atoms with E-state index in [1.807, 2.05) is 56.3 Å². The van der Waals surface area contributed by atoms with Crippen molar-refractivity contribution in [1.29, 1.82) is 0 Å². The van der Waals surface area contributed by atoms with Gasteiger partial charge in [-0.2, -0.15) is 0 Å². The molecule has 2 aliphatic rings. The lowest BCUT2D eigenvalue weighted by molar-refractivity contribution is -0.123. The van der Waals surface area contributed by atoms with Gasteiger partial charge in [-0.15, -0.1) is 0 Å². The summed E-state index contributed by atoms with van der Waals surface area (Å²) in [7, 11) is 0. The third-order valence-electron chi connectivity index (χ3n) is 6.83. The molecule has 1 fully saturated rings. The highest BCUT2D eigenvalue weighted by Gasteiger charge is 2.31. The van der Waals surface area contributed by atoms with Gasteiger partial charge in [0.2, 0.25) is 5.91 Å². The van der Waals surface area contributed by atoms with Gasteiger partial charge in [-0.1, -0.05) is 55.2 Å². The molecule has 2 aliphatic heterocycles. The molecule has 1 aromatic heterocycles. The van der Waals surface area contributed by atoms with Crippen molar-refractivity contribution in [3.05, 3.63) is 63.9 Å². The molecule has 1 unspecified atom stereocenters. The van der Waals surface area contributed by atoms with E-state index < -0.39 is 0 Å². The van der Waals surface area contributed by atoms with Crippen LogP contribution in [0.5, 0.6) is 0 Å². The maximum absolute atomic E-state index is 13.3. The highest BCUT2D eigenvalue weighted by Crippen LogP contribution is 2.26. The lowest BCUT2D eigenvalue weighted by Crippen LogP contribution is -2.57. The van der Waals surface area contributed by atoms with Crippen LogP contribution in [0, 0.1) is 5.92 Å². The second-order valence-electron chi connectivity index (χ2n) is 9.72. The van der Waals surface area contributed by atoms with Gasteiger partial charge < -0.3 is 10.6 Å². The number of benzene rings is 2. The molecule has 1 saturated heterocycles. The summed E-state index contributed by atoms with van der Waals surface area (Å²) in [6.07, 6.45) is 0. The molecule has 0 radical (unpaired) electrons. The number of piperazine rings is 1. The lowest BCUT2D eigenvalue weighted by atomic mass is 10.0. The molecule has 35 heavy (non-hydrogen) atoms. The molecule has 2 aromatic carbocycles. The maximum Gasteiger partial charge on any atom is 0.242 e. The van der Waals surface area contributed by atoms with Gasteiger partial charge in [-0.25, -0.2) is 9.97 Å². The number of amides is 1. The number of hydrogen-bond acceptors (Lipinski definition) is 6. The number of fused-ring (bicyclic) bond motifs is 5. The summed E-state index contributed by atoms with van der Waals surface area (Å²) in [6, 6.07) is 13.5. The van der Waals surface area contributed by atoms with Crippen LogP contribution in [0.15, 0.2) is 42.5 Å². The van der Waals surface area contributed by atoms with Crippen molar-refractivity contribution in [1.82, 2.24) is 25.1 Å². The van der Waals surface area contributed by atoms with Crippen LogP contribution in [-0.2, 0) is 17.9 Å². The number of carbonyl (C=O) groups excluding carboxylic acids is 1. The van der Waals surface area contributed by atoms with Gasteiger partial charge in [0.1, 0.15) is 17.7 Å². The minimum Gasteiger partial charge on any atom is -0.358 e. The number of anilines is 1. The summed E-state index contributed by atoms with van der Waals surface area (Å²) >= 11 is 12.3. The van der Waals surface area contributed by atoms with Crippen LogP contribution in [-0.4, -0.2) is 63.9 Å². The Morgan fingerprint density at radius 1 is 1.09 bits per heavy atom. The zero-order valence-corrected chi connectivity index (χ0v) is 21.5. The third-order valence-corrected chi connectivity index (χ3v) is 7.57. The molecule has 184 valence electrons. The van der Waals surface area contributed by atoms with E-state index in [1.165, 1.54) is 0 Å². The van der Waals surface area contributed by atoms with Crippen LogP contribution in [0.3, 0.4) is 0 Å². The second kappa shape index (κ2) is 10.3. The van der Waals surface area contributed by atoms with Crippen molar-refractivity contribution in [3.8, 4) is 0 Å². The first-order valence-electron chi connectivity index (χ1n) is 12.1. The fourth-order valence-electron chi connectivity index (χ4n) is 4.90. The predicted octanol–water partition coefficient (Wildman–Crippen LogP) is 4.19. The number of hydrogen-bond donors (Lipinski definition) is 2. The molecule has 5 rings (SSSR count). The summed E-state index contributed by atoms with van der Waals surface area (Å²) in [6.45, 7) is 8.65. The number of para-hydroxylation sites is 1. The van der Waals surface area contributed by atoms with E-state index in [0.29, 0.717) is 23.1 Å². The van der Waals surface area contributed by atoms with Gasteiger partial charge in [0.25, 0.3) is 0 Å². The van der Waals surface area contributed by atoms with E-state index >= 15 is 0 Å². The van der Waals surface area contributed by atoms with Crippen LogP contribution in [0.25, 0.3) is 10.9 Å². The van der Waals surface area contributed by atoms with Crippen LogP contribution in [0.2, 0.25) is 10.0 Å². The molecule has 3 heterocycles. The van der Waals surface area contributed by atoms with Crippen LogP contribution in [0.1, 0.15) is 25.2 Å². The van der Waals surface area contributed by atoms with E-state index in [9.17, 15) is 4.79 Å². The standard InChI is InChI=1S/C26H30Cl2N6O/c1-16(2)24-26(35)29-12-18-14-33(13-17-7-8-20(27)21(28)11-17)9-10-34(18)15-23-30-22-6-4-3-5-19(22)25(31-23)32-24/h3-8,11,16,18,24H,9-10,12-15H2,1-2H3,(H,29,35)(H,30,31,32)/t18?,24-/m0/s1. The number of rotatable bonds is 3. The minimum atomic E-state index is -0.386. The first-order chi connectivity index (χ1) is 16.9. The van der Waals surface area contributed by atoms with Gasteiger partial charge in [0, 0.05) is 44.2 Å². The molecule has 2 bridgehead atoms. The highest BCUT2D eigenvalue weighted by molar-refractivity contribution is 6.42. The summed E-state index contributed by atoms with van der Waals surface area (Å²) in [5.41, 5.74) is 2.01. The second-order valence-corrected chi connectivity index (χ2v) is 10.5. The molecule has 1 amide bonds. The van der Waals surface area contributed by atoms with Crippen LogP contribution >= 0.6 is 23.2 Å². The molecule has 9 heteroatoms. The van der Waals surface area contributed by atoms with Crippen molar-refractivity contribution in [3.63, 3.8) is 0 Å². The van der Waals surface area contributed by atoms with Gasteiger partial charge >= 0.3 is 0 Å². The van der Waals surface area contributed by atoms with Crippen molar-refractivity contribution >= 4 is 45.8 Å². The number of aromatic nitrogens is 2. The smallest absolute Gasteiger partial charge is 0.242 e. The summed E-state index contributed by atoms with van der Waals surface area (Å²) in [4.78, 5) is 27.8. The predicted molar refractivity (Wildman–Crippen MR) is 141 cm³/mol. The monoisotopic (exact) mass is 512 g/mol. The summed E-state index contributed by atoms with van der Waals surface area (Å²) < 4.78 is 0. The van der Waals surface area contributed by atoms with Gasteiger partial charge in [-0.05, 0) is 35.7 Å². The van der Waals surface area contributed by atoms with E-state index in [2.05, 4.69) is 20.4 Å². The van der Waals surface area contributed by atoms with E-state index in [4.69, 9.17) is 33.2 Å². The molecular formula is C26H30Cl2N6O. The van der Waals surface area contributed by atoms with Crippen molar-refractivity contribution in [2.24, 2.45) is 5.92 Å². The molecular weight excluding hydrogens is 483 g/mol. The highest BCUT2D eigenvalue weighted by atomic mass is 35.5. The Morgan fingerprint density at radius 3 is 2.71 bits per heavy atom. The van der Waals surface area contributed by atoms with E-state index in [1.54, 1.807) is 0 Å². The van der Waals surface area contributed by atoms with Gasteiger partial charge in [0.05, 0.1) is 22.1 Å². The molecule has 2 N–H and O–H groups in total. The number of nitrogens with zero attached hydrogens (tertiary/aromatic N) is 4. The summed E-state index contributed by atoms with van der Waals surface area (Å²) in [5.74, 6) is 1.58. The Bertz CT molecular complexity index is 1240. The largest absolute Gasteiger partial charge is 0.358 e. The van der Waals surface area contributed by atoms with Crippen LogP contribution < -0.4 is 10.6 Å². The lowest BCUT2D eigenvalue weighted by Gasteiger charge is -2.41. The van der Waals surface area contributed by atoms with E-state index in [0.717, 1.165) is 54.3 Å². The number of nitrogens with one attached hydrogen (secondary N) is 2. The molecule has 2 atom stereocenters. The quantitative estimate of drug-likeness (QED) is 0.548. The Balaban J connectivity index is 1.43. The first-order valence-corrected chi connectivity index (χ1v) is 12.8. The minimum absolute atomic E-state index is 0.00676. The Labute approximate surface area is 215 Å². The van der Waals surface area contributed by atoms with Gasteiger partial charge in [-0.3, -0.25) is 14.6 Å². The maximum atomic E-state index is 13.3. The number of carbonyl (C=O) groups is 1. The fourth-order valence-corrected chi connectivity index (χ4v) is 5.22. The van der Waals surface area contributed by atoms with E-state index in [-0.39, 0.29) is 23.9 Å². The molecule has 7 nitrogen and oxygen atoms in total. The molecule has 3 aromatic rings. The van der Waals surface area contributed by atoms with Crippen molar-refractivity contribution < 1.29 is 4.79 Å². The zero-order chi connectivity index (χ0) is 24.5. The molecule has 0 saturated carbocycles. The summed E-state index contributed by atoms with van der Waals surface area (Å²) in [5, 5.41) is 8.70. The normalized spacial score (nSPS) is 21.8. The first kappa shape index (κ1) is 24.3. The number of halogens is 2. The van der Waals surface area contributed by atoms with Crippen molar-refractivity contribution in [2.75, 3.05) is 31.5 Å². The fraction of sp³-hybridized carbons (Fsp3) is 0.423.